The molecular weight excluding hydrogens is 268 g/mol. The zero-order valence-corrected chi connectivity index (χ0v) is 13.1. The van der Waals surface area contributed by atoms with Gasteiger partial charge in [0.2, 0.25) is 5.88 Å². The second kappa shape index (κ2) is 5.52. The maximum atomic E-state index is 5.55. The Kier molecular flexibility index (Phi) is 3.71. The largest absolute Gasteiger partial charge is 0.481 e. The van der Waals surface area contributed by atoms with Crippen molar-refractivity contribution in [1.29, 1.82) is 0 Å². The van der Waals surface area contributed by atoms with Crippen molar-refractivity contribution in [1.82, 2.24) is 19.8 Å². The summed E-state index contributed by atoms with van der Waals surface area (Å²) in [4.78, 5) is 2.43. The van der Waals surface area contributed by atoms with E-state index in [9.17, 15) is 0 Å². The number of hydrogen-bond acceptors (Lipinski definition) is 5. The standard InChI is InChI=1S/C15H22N4O2/c1-10-8-12(17-21-10)9-19-7-5-6-13(19)14-11(2)16-18(3)15(14)20-4/h8,13H,5-7,9H2,1-4H3/t13-/m0/s1. The van der Waals surface area contributed by atoms with Crippen LogP contribution in [0.15, 0.2) is 10.6 Å². The summed E-state index contributed by atoms with van der Waals surface area (Å²) >= 11 is 0. The van der Waals surface area contributed by atoms with Gasteiger partial charge in [-0.25, -0.2) is 4.68 Å². The van der Waals surface area contributed by atoms with Crippen LogP contribution >= 0.6 is 0 Å². The van der Waals surface area contributed by atoms with Gasteiger partial charge in [-0.1, -0.05) is 5.16 Å². The molecule has 1 aliphatic heterocycles. The lowest BCUT2D eigenvalue weighted by Gasteiger charge is -2.24. The highest BCUT2D eigenvalue weighted by Gasteiger charge is 2.32. The number of nitrogens with zero attached hydrogens (tertiary/aromatic N) is 4. The van der Waals surface area contributed by atoms with Crippen molar-refractivity contribution < 1.29 is 9.26 Å². The summed E-state index contributed by atoms with van der Waals surface area (Å²) in [6, 6.07) is 2.34. The Bertz CT molecular complexity index is 632. The summed E-state index contributed by atoms with van der Waals surface area (Å²) in [7, 11) is 3.63. The van der Waals surface area contributed by atoms with Gasteiger partial charge >= 0.3 is 0 Å². The summed E-state index contributed by atoms with van der Waals surface area (Å²) in [6.07, 6.45) is 2.30. The van der Waals surface area contributed by atoms with Crippen LogP contribution in [0.1, 0.15) is 41.6 Å². The van der Waals surface area contributed by atoms with E-state index in [1.807, 2.05) is 24.7 Å². The number of aromatic nitrogens is 3. The van der Waals surface area contributed by atoms with Crippen molar-refractivity contribution in [3.63, 3.8) is 0 Å². The van der Waals surface area contributed by atoms with E-state index < -0.39 is 0 Å². The molecule has 0 bridgehead atoms. The highest BCUT2D eigenvalue weighted by atomic mass is 16.5. The maximum absolute atomic E-state index is 5.55. The third kappa shape index (κ3) is 2.55. The van der Waals surface area contributed by atoms with Crippen LogP contribution in [0.5, 0.6) is 5.88 Å². The van der Waals surface area contributed by atoms with E-state index in [-0.39, 0.29) is 0 Å². The molecular formula is C15H22N4O2. The van der Waals surface area contributed by atoms with Crippen molar-refractivity contribution >= 4 is 0 Å². The minimum atomic E-state index is 0.339. The summed E-state index contributed by atoms with van der Waals surface area (Å²) in [6.45, 7) is 5.84. The molecule has 1 atom stereocenters. The molecule has 3 heterocycles. The Morgan fingerprint density at radius 2 is 2.24 bits per heavy atom. The van der Waals surface area contributed by atoms with Crippen molar-refractivity contribution in [3.8, 4) is 5.88 Å². The number of ether oxygens (including phenoxy) is 1. The van der Waals surface area contributed by atoms with Crippen molar-refractivity contribution in [2.75, 3.05) is 13.7 Å². The first-order valence-electron chi connectivity index (χ1n) is 7.34. The lowest BCUT2D eigenvalue weighted by Crippen LogP contribution is -2.23. The van der Waals surface area contributed by atoms with Crippen LogP contribution in [0.4, 0.5) is 0 Å². The highest BCUT2D eigenvalue weighted by Crippen LogP contribution is 2.39. The molecule has 2 aromatic heterocycles. The molecule has 0 aliphatic carbocycles. The molecule has 0 radical (unpaired) electrons. The van der Waals surface area contributed by atoms with Crippen LogP contribution in [0.25, 0.3) is 0 Å². The highest BCUT2D eigenvalue weighted by molar-refractivity contribution is 5.35. The SMILES string of the molecule is COc1c([C@@H]2CCCN2Cc2cc(C)on2)c(C)nn1C. The molecule has 21 heavy (non-hydrogen) atoms. The number of methoxy groups -OCH3 is 1. The van der Waals surface area contributed by atoms with E-state index in [2.05, 4.69) is 22.1 Å². The number of hydrogen-bond donors (Lipinski definition) is 0. The van der Waals surface area contributed by atoms with Crippen LogP contribution in [0.3, 0.4) is 0 Å². The number of likely N-dealkylation sites (tertiary alicyclic amines) is 1. The third-order valence-electron chi connectivity index (χ3n) is 4.15. The average molecular weight is 290 g/mol. The fourth-order valence-corrected chi connectivity index (χ4v) is 3.32. The zero-order valence-electron chi connectivity index (χ0n) is 13.1. The monoisotopic (exact) mass is 290 g/mol. The quantitative estimate of drug-likeness (QED) is 0.865. The molecule has 1 aliphatic rings. The fourth-order valence-electron chi connectivity index (χ4n) is 3.32. The first-order chi connectivity index (χ1) is 10.1. The summed E-state index contributed by atoms with van der Waals surface area (Å²) in [5.74, 6) is 1.72. The summed E-state index contributed by atoms with van der Waals surface area (Å²) < 4.78 is 12.5. The van der Waals surface area contributed by atoms with Gasteiger partial charge < -0.3 is 9.26 Å². The molecule has 1 saturated heterocycles. The molecule has 0 amide bonds. The van der Waals surface area contributed by atoms with E-state index in [1.54, 1.807) is 7.11 Å². The Hall–Kier alpha value is -1.82. The van der Waals surface area contributed by atoms with Gasteiger partial charge in [0.25, 0.3) is 0 Å². The van der Waals surface area contributed by atoms with Crippen molar-refractivity contribution in [2.45, 2.75) is 39.3 Å². The summed E-state index contributed by atoms with van der Waals surface area (Å²) in [5.41, 5.74) is 3.24. The van der Waals surface area contributed by atoms with Gasteiger partial charge in [0.05, 0.1) is 24.1 Å². The Morgan fingerprint density at radius 1 is 1.43 bits per heavy atom. The molecule has 114 valence electrons. The van der Waals surface area contributed by atoms with E-state index in [0.29, 0.717) is 6.04 Å². The van der Waals surface area contributed by atoms with Gasteiger partial charge in [0, 0.05) is 25.7 Å². The van der Waals surface area contributed by atoms with E-state index in [1.165, 1.54) is 12.0 Å². The molecule has 1 fully saturated rings. The minimum Gasteiger partial charge on any atom is -0.481 e. The second-order valence-electron chi connectivity index (χ2n) is 5.69. The first-order valence-corrected chi connectivity index (χ1v) is 7.34. The zero-order chi connectivity index (χ0) is 15.0. The van der Waals surface area contributed by atoms with Gasteiger partial charge in [-0.15, -0.1) is 0 Å². The van der Waals surface area contributed by atoms with Crippen molar-refractivity contribution in [3.05, 3.63) is 28.8 Å². The second-order valence-corrected chi connectivity index (χ2v) is 5.69. The van der Waals surface area contributed by atoms with Crippen LogP contribution in [-0.4, -0.2) is 33.5 Å². The van der Waals surface area contributed by atoms with Gasteiger partial charge in [0.15, 0.2) is 0 Å². The first kappa shape index (κ1) is 14.1. The average Bonchev–Trinajstić information content (AvgIpc) is 3.10. The lowest BCUT2D eigenvalue weighted by atomic mass is 10.0. The van der Waals surface area contributed by atoms with Gasteiger partial charge in [-0.2, -0.15) is 5.10 Å². The molecule has 0 spiro atoms. The van der Waals surface area contributed by atoms with E-state index in [0.717, 1.165) is 42.5 Å². The summed E-state index contributed by atoms with van der Waals surface area (Å²) in [5, 5.41) is 8.61. The van der Waals surface area contributed by atoms with Crippen molar-refractivity contribution in [2.24, 2.45) is 7.05 Å². The topological polar surface area (TPSA) is 56.3 Å². The van der Waals surface area contributed by atoms with Crippen LogP contribution < -0.4 is 4.74 Å². The van der Waals surface area contributed by atoms with Gasteiger partial charge in [-0.05, 0) is 33.2 Å². The predicted octanol–water partition coefficient (Wildman–Crippen LogP) is 2.37. The Balaban J connectivity index is 1.87. The number of rotatable bonds is 4. The molecule has 0 saturated carbocycles. The third-order valence-corrected chi connectivity index (χ3v) is 4.15. The molecule has 0 N–H and O–H groups in total. The molecule has 6 nitrogen and oxygen atoms in total. The van der Waals surface area contributed by atoms with Gasteiger partial charge in [0.1, 0.15) is 5.76 Å². The smallest absolute Gasteiger partial charge is 0.216 e. The van der Waals surface area contributed by atoms with Crippen LogP contribution in [-0.2, 0) is 13.6 Å². The fraction of sp³-hybridized carbons (Fsp3) is 0.600. The molecule has 0 aromatic carbocycles. The molecule has 0 unspecified atom stereocenters. The molecule has 2 aromatic rings. The number of aryl methyl sites for hydroxylation is 3. The Labute approximate surface area is 124 Å². The van der Waals surface area contributed by atoms with E-state index >= 15 is 0 Å². The predicted molar refractivity (Wildman–Crippen MR) is 78.1 cm³/mol. The molecule has 6 heteroatoms. The van der Waals surface area contributed by atoms with Crippen LogP contribution in [0.2, 0.25) is 0 Å². The molecule has 3 rings (SSSR count). The Morgan fingerprint density at radius 3 is 2.90 bits per heavy atom. The normalized spacial score (nSPS) is 19.3. The van der Waals surface area contributed by atoms with Crippen LogP contribution in [0, 0.1) is 13.8 Å². The van der Waals surface area contributed by atoms with Gasteiger partial charge in [-0.3, -0.25) is 4.90 Å². The maximum Gasteiger partial charge on any atom is 0.216 e. The lowest BCUT2D eigenvalue weighted by molar-refractivity contribution is 0.233. The van der Waals surface area contributed by atoms with E-state index in [4.69, 9.17) is 9.26 Å². The minimum absolute atomic E-state index is 0.339.